The van der Waals surface area contributed by atoms with Gasteiger partial charge in [0.25, 0.3) is 5.91 Å². The predicted molar refractivity (Wildman–Crippen MR) is 127 cm³/mol. The van der Waals surface area contributed by atoms with E-state index in [1.54, 1.807) is 7.05 Å². The van der Waals surface area contributed by atoms with E-state index in [1.807, 2.05) is 19.0 Å². The molecule has 0 aliphatic carbocycles. The Balaban J connectivity index is 1.53. The monoisotopic (exact) mass is 536 g/mol. The van der Waals surface area contributed by atoms with Gasteiger partial charge in [-0.1, -0.05) is 0 Å². The van der Waals surface area contributed by atoms with E-state index in [-0.39, 0.29) is 45.5 Å². The van der Waals surface area contributed by atoms with Gasteiger partial charge in [-0.2, -0.15) is 18.3 Å². The summed E-state index contributed by atoms with van der Waals surface area (Å²) in [7, 11) is 5.37. The van der Waals surface area contributed by atoms with Crippen LogP contribution in [-0.4, -0.2) is 87.1 Å². The normalized spacial score (nSPS) is 15.8. The summed E-state index contributed by atoms with van der Waals surface area (Å²) in [6, 6.07) is 2.38. The van der Waals surface area contributed by atoms with Crippen molar-refractivity contribution in [1.29, 1.82) is 0 Å². The number of hydrogen-bond donors (Lipinski definition) is 2. The van der Waals surface area contributed by atoms with E-state index in [9.17, 15) is 32.7 Å². The zero-order valence-electron chi connectivity index (χ0n) is 20.4. The molecule has 38 heavy (non-hydrogen) atoms. The van der Waals surface area contributed by atoms with Gasteiger partial charge in [0.15, 0.2) is 11.5 Å². The van der Waals surface area contributed by atoms with Crippen LogP contribution in [-0.2, 0) is 11.8 Å². The summed E-state index contributed by atoms with van der Waals surface area (Å²) in [5, 5.41) is 16.1. The summed E-state index contributed by atoms with van der Waals surface area (Å²) in [6.07, 6.45) is -2.67. The second kappa shape index (κ2) is 10.1. The van der Waals surface area contributed by atoms with Crippen LogP contribution >= 0.6 is 0 Å². The Kier molecular flexibility index (Phi) is 7.08. The van der Waals surface area contributed by atoms with Crippen LogP contribution in [0.4, 0.5) is 35.3 Å². The van der Waals surface area contributed by atoms with Gasteiger partial charge >= 0.3 is 12.3 Å². The van der Waals surface area contributed by atoms with Gasteiger partial charge in [-0.05, 0) is 26.2 Å². The highest BCUT2D eigenvalue weighted by atomic mass is 19.4. The van der Waals surface area contributed by atoms with Gasteiger partial charge in [0.2, 0.25) is 11.8 Å². The molecule has 0 radical (unpaired) electrons. The Hall–Kier alpha value is -4.47. The van der Waals surface area contributed by atoms with E-state index in [0.29, 0.717) is 13.0 Å². The summed E-state index contributed by atoms with van der Waals surface area (Å²) >= 11 is 0. The largest absolute Gasteiger partial charge is 0.465 e. The maximum atomic E-state index is 12.9. The zero-order chi connectivity index (χ0) is 27.8. The van der Waals surface area contributed by atoms with E-state index in [0.717, 1.165) is 18.5 Å². The second-order valence-corrected chi connectivity index (χ2v) is 8.74. The molecule has 0 unspecified atom stereocenters. The molecule has 0 spiro atoms. The number of amides is 3. The number of carbonyl (C=O) groups is 3. The van der Waals surface area contributed by atoms with Crippen molar-refractivity contribution in [2.75, 3.05) is 42.3 Å². The summed E-state index contributed by atoms with van der Waals surface area (Å²) in [6.45, 7) is -1.37. The van der Waals surface area contributed by atoms with Crippen molar-refractivity contribution in [2.24, 2.45) is 7.05 Å². The fraction of sp³-hybridized carbons (Fsp3) is 0.364. The minimum atomic E-state index is -4.79. The fourth-order valence-corrected chi connectivity index (χ4v) is 3.83. The van der Waals surface area contributed by atoms with Crippen molar-refractivity contribution in [1.82, 2.24) is 24.6 Å². The lowest BCUT2D eigenvalue weighted by Crippen LogP contribution is -2.38. The molecule has 1 saturated heterocycles. The molecule has 1 atom stereocenters. The Labute approximate surface area is 213 Å². The van der Waals surface area contributed by atoms with Crippen molar-refractivity contribution in [2.45, 2.75) is 18.6 Å². The molecule has 2 N–H and O–H groups in total. The number of oxazole rings is 1. The first-order valence-corrected chi connectivity index (χ1v) is 11.1. The van der Waals surface area contributed by atoms with E-state index in [4.69, 9.17) is 4.42 Å². The molecule has 202 valence electrons. The Morgan fingerprint density at radius 1 is 1.32 bits per heavy atom. The molecule has 3 aromatic heterocycles. The lowest BCUT2D eigenvalue weighted by Gasteiger charge is -2.19. The van der Waals surface area contributed by atoms with Crippen LogP contribution in [0.3, 0.4) is 0 Å². The van der Waals surface area contributed by atoms with E-state index in [2.05, 4.69) is 20.4 Å². The number of carboxylic acid groups (broad SMARTS) is 1. The lowest BCUT2D eigenvalue weighted by molar-refractivity contribution is -0.119. The van der Waals surface area contributed by atoms with Gasteiger partial charge in [-0.25, -0.2) is 14.8 Å². The molecule has 3 amide bonds. The number of hydrogen-bond acceptors (Lipinski definition) is 8. The smallest absolute Gasteiger partial charge is 0.413 e. The van der Waals surface area contributed by atoms with E-state index < -0.39 is 30.5 Å². The van der Waals surface area contributed by atoms with Crippen molar-refractivity contribution in [3.63, 3.8) is 0 Å². The van der Waals surface area contributed by atoms with Crippen molar-refractivity contribution < 1.29 is 37.1 Å². The number of likely N-dealkylation sites (N-methyl/N-ethyl adjacent to an activating group) is 1. The molecule has 0 bridgehead atoms. The van der Waals surface area contributed by atoms with Crippen molar-refractivity contribution >= 4 is 35.2 Å². The van der Waals surface area contributed by atoms with Gasteiger partial charge in [0, 0.05) is 37.8 Å². The molecule has 16 heteroatoms. The number of aryl methyl sites for hydroxylation is 1. The van der Waals surface area contributed by atoms with E-state index >= 15 is 0 Å². The third kappa shape index (κ3) is 5.74. The number of aromatic nitrogens is 4. The number of carbonyl (C=O) groups excluding carboxylic acids is 2. The van der Waals surface area contributed by atoms with Crippen LogP contribution in [0.15, 0.2) is 35.2 Å². The number of pyridine rings is 1. The van der Waals surface area contributed by atoms with Crippen LogP contribution in [0.5, 0.6) is 0 Å². The van der Waals surface area contributed by atoms with Gasteiger partial charge in [0.05, 0.1) is 6.20 Å². The highest BCUT2D eigenvalue weighted by Crippen LogP contribution is 2.30. The average Bonchev–Trinajstić information content (AvgIpc) is 3.55. The van der Waals surface area contributed by atoms with E-state index in [1.165, 1.54) is 21.8 Å². The first-order chi connectivity index (χ1) is 17.8. The van der Waals surface area contributed by atoms with Crippen molar-refractivity contribution in [3.8, 4) is 11.5 Å². The summed E-state index contributed by atoms with van der Waals surface area (Å²) in [5.41, 5.74) is 0.199. The molecular formula is C22H23F3N8O5. The van der Waals surface area contributed by atoms with Gasteiger partial charge in [0.1, 0.15) is 24.3 Å². The maximum absolute atomic E-state index is 12.9. The molecule has 0 saturated carbocycles. The first kappa shape index (κ1) is 26.6. The minimum absolute atomic E-state index is 0.00964. The highest BCUT2D eigenvalue weighted by Gasteiger charge is 2.36. The number of nitrogens with zero attached hydrogens (tertiary/aromatic N) is 7. The van der Waals surface area contributed by atoms with Gasteiger partial charge in [-0.15, -0.1) is 0 Å². The van der Waals surface area contributed by atoms with Crippen LogP contribution in [0, 0.1) is 0 Å². The zero-order valence-corrected chi connectivity index (χ0v) is 20.4. The Morgan fingerprint density at radius 2 is 2.05 bits per heavy atom. The number of alkyl halides is 3. The molecular weight excluding hydrogens is 513 g/mol. The minimum Gasteiger partial charge on any atom is -0.465 e. The van der Waals surface area contributed by atoms with Crippen molar-refractivity contribution in [3.05, 3.63) is 36.5 Å². The molecule has 1 aliphatic heterocycles. The molecule has 0 aromatic carbocycles. The van der Waals surface area contributed by atoms with Gasteiger partial charge < -0.3 is 19.7 Å². The third-order valence-corrected chi connectivity index (χ3v) is 5.72. The fourth-order valence-electron chi connectivity index (χ4n) is 3.83. The van der Waals surface area contributed by atoms with Crippen LogP contribution in [0.2, 0.25) is 0 Å². The third-order valence-electron chi connectivity index (χ3n) is 5.72. The Morgan fingerprint density at radius 3 is 2.68 bits per heavy atom. The summed E-state index contributed by atoms with van der Waals surface area (Å²) < 4.78 is 45.2. The predicted octanol–water partition coefficient (Wildman–Crippen LogP) is 2.44. The Bertz CT molecular complexity index is 1370. The van der Waals surface area contributed by atoms with Crippen LogP contribution in [0.25, 0.3) is 11.5 Å². The second-order valence-electron chi connectivity index (χ2n) is 8.74. The number of anilines is 3. The topological polar surface area (TPSA) is 150 Å². The maximum Gasteiger partial charge on any atom is 0.413 e. The molecule has 13 nitrogen and oxygen atoms in total. The van der Waals surface area contributed by atoms with Gasteiger partial charge in [-0.3, -0.25) is 24.1 Å². The molecule has 4 rings (SSSR count). The molecule has 1 aliphatic rings. The quantitative estimate of drug-likeness (QED) is 0.464. The molecule has 1 fully saturated rings. The summed E-state index contributed by atoms with van der Waals surface area (Å²) in [5.74, 6) is -1.20. The highest BCUT2D eigenvalue weighted by molar-refractivity contribution is 6.06. The number of nitrogens with one attached hydrogen (secondary N) is 1. The summed E-state index contributed by atoms with van der Waals surface area (Å²) in [4.78, 5) is 48.0. The standard InChI is InChI=1S/C22H23F3N8O5/c1-30(2)13-7-17(34)32(8-13)18-14(9-31(3)29-18)27-19(35)15-10-38-20(28-15)12-4-5-26-16(6-12)33(21(36)37)11-22(23,24)25/h4-6,9-10,13H,7-8,11H2,1-3H3,(H,27,35)(H,36,37)/t13-/m0/s1. The lowest BCUT2D eigenvalue weighted by atomic mass is 10.2. The number of rotatable bonds is 7. The SMILES string of the molecule is CN(C)[C@H]1CC(=O)N(c2nn(C)cc2NC(=O)c2coc(-c3ccnc(N(CC(F)(F)F)C(=O)O)c3)n2)C1. The van der Waals surface area contributed by atoms with Crippen LogP contribution in [0.1, 0.15) is 16.9 Å². The number of halogens is 3. The molecule has 3 aromatic rings. The molecule has 4 heterocycles. The van der Waals surface area contributed by atoms with Crippen LogP contribution < -0.4 is 15.1 Å². The average molecular weight is 536 g/mol. The first-order valence-electron chi connectivity index (χ1n) is 11.1.